The number of carbonyl (C=O) groups excluding carboxylic acids is 1. The summed E-state index contributed by atoms with van der Waals surface area (Å²) in [5, 5.41) is 12.5. The van der Waals surface area contributed by atoms with E-state index >= 15 is 0 Å². The van der Waals surface area contributed by atoms with Gasteiger partial charge >= 0.3 is 0 Å². The van der Waals surface area contributed by atoms with Crippen molar-refractivity contribution < 1.29 is 9.32 Å². The molecule has 2 heterocycles. The van der Waals surface area contributed by atoms with Crippen LogP contribution in [0.5, 0.6) is 0 Å². The minimum atomic E-state index is -0.438. The number of benzene rings is 1. The number of nitrogens with zero attached hydrogens (tertiary/aromatic N) is 3. The first-order valence-electron chi connectivity index (χ1n) is 5.52. The Hall–Kier alpha value is -2.96. The molecule has 3 aromatic rings. The first-order valence-corrected chi connectivity index (χ1v) is 5.52. The molecule has 7 heteroatoms. The van der Waals surface area contributed by atoms with Crippen molar-refractivity contribution in [3.05, 3.63) is 48.5 Å². The van der Waals surface area contributed by atoms with Crippen molar-refractivity contribution in [3.8, 4) is 11.3 Å². The summed E-state index contributed by atoms with van der Waals surface area (Å²) in [6.45, 7) is 0. The Balaban J connectivity index is 1.80. The first kappa shape index (κ1) is 11.1. The fourth-order valence-electron chi connectivity index (χ4n) is 1.56. The molecule has 0 radical (unpaired) electrons. The largest absolute Gasteiger partial charge is 0.350 e. The van der Waals surface area contributed by atoms with E-state index in [2.05, 4.69) is 25.7 Å². The fourth-order valence-corrected chi connectivity index (χ4v) is 1.56. The fraction of sp³-hybridized carbons (Fsp3) is 0. The number of rotatable bonds is 3. The van der Waals surface area contributed by atoms with Gasteiger partial charge in [0.1, 0.15) is 12.0 Å². The Kier molecular flexibility index (Phi) is 2.77. The minimum absolute atomic E-state index is 0.107. The summed E-state index contributed by atoms with van der Waals surface area (Å²) < 4.78 is 5.01. The van der Waals surface area contributed by atoms with Crippen LogP contribution in [0.3, 0.4) is 0 Å². The molecule has 0 fully saturated rings. The molecule has 19 heavy (non-hydrogen) atoms. The molecule has 2 N–H and O–H groups in total. The van der Waals surface area contributed by atoms with E-state index in [4.69, 9.17) is 4.52 Å². The number of aromatic nitrogens is 4. The van der Waals surface area contributed by atoms with Crippen LogP contribution in [-0.2, 0) is 0 Å². The minimum Gasteiger partial charge on any atom is -0.350 e. The summed E-state index contributed by atoms with van der Waals surface area (Å²) in [6, 6.07) is 11.0. The van der Waals surface area contributed by atoms with Crippen molar-refractivity contribution in [3.63, 3.8) is 0 Å². The third-order valence-corrected chi connectivity index (χ3v) is 2.45. The number of anilines is 1. The highest BCUT2D eigenvalue weighted by Crippen LogP contribution is 2.18. The van der Waals surface area contributed by atoms with Crippen LogP contribution in [0.2, 0.25) is 0 Å². The van der Waals surface area contributed by atoms with E-state index in [-0.39, 0.29) is 11.7 Å². The van der Waals surface area contributed by atoms with Gasteiger partial charge in [0.05, 0.1) is 0 Å². The van der Waals surface area contributed by atoms with Crippen molar-refractivity contribution in [2.24, 2.45) is 0 Å². The van der Waals surface area contributed by atoms with Gasteiger partial charge in [0.2, 0.25) is 11.7 Å². The van der Waals surface area contributed by atoms with Crippen LogP contribution in [0.1, 0.15) is 10.6 Å². The molecule has 3 rings (SSSR count). The summed E-state index contributed by atoms with van der Waals surface area (Å²) in [4.78, 5) is 15.6. The van der Waals surface area contributed by atoms with E-state index in [0.717, 1.165) is 5.56 Å². The molecule has 7 nitrogen and oxygen atoms in total. The third kappa shape index (κ3) is 2.34. The van der Waals surface area contributed by atoms with Crippen LogP contribution in [-0.4, -0.2) is 26.2 Å². The Morgan fingerprint density at radius 1 is 1.26 bits per heavy atom. The third-order valence-electron chi connectivity index (χ3n) is 2.45. The second-order valence-corrected chi connectivity index (χ2v) is 3.73. The lowest BCUT2D eigenvalue weighted by atomic mass is 10.1. The molecule has 0 aliphatic carbocycles. The highest BCUT2D eigenvalue weighted by atomic mass is 16.5. The second-order valence-electron chi connectivity index (χ2n) is 3.73. The van der Waals surface area contributed by atoms with Gasteiger partial charge < -0.3 is 4.52 Å². The number of aromatic amines is 1. The Morgan fingerprint density at radius 3 is 2.84 bits per heavy atom. The standard InChI is InChI=1S/C12H9N5O2/c18-11(15-12-13-7-14-16-12)10-6-9(17-19-10)8-4-2-1-3-5-8/h1-7H,(H2,13,14,15,16,18). The Bertz CT molecular complexity index is 675. The topological polar surface area (TPSA) is 96.7 Å². The van der Waals surface area contributed by atoms with Crippen LogP contribution in [0.15, 0.2) is 47.2 Å². The van der Waals surface area contributed by atoms with Crippen molar-refractivity contribution in [1.82, 2.24) is 20.3 Å². The zero-order chi connectivity index (χ0) is 13.1. The summed E-state index contributed by atoms with van der Waals surface area (Å²) in [5.74, 6) is -0.0793. The molecule has 0 spiro atoms. The van der Waals surface area contributed by atoms with Gasteiger partial charge in [-0.25, -0.2) is 5.10 Å². The first-order chi connectivity index (χ1) is 9.33. The molecule has 0 atom stereocenters. The summed E-state index contributed by atoms with van der Waals surface area (Å²) in [7, 11) is 0. The van der Waals surface area contributed by atoms with E-state index in [1.165, 1.54) is 6.33 Å². The quantitative estimate of drug-likeness (QED) is 0.742. The summed E-state index contributed by atoms with van der Waals surface area (Å²) in [6.07, 6.45) is 1.30. The number of amides is 1. The van der Waals surface area contributed by atoms with Gasteiger partial charge in [-0.15, -0.1) is 0 Å². The lowest BCUT2D eigenvalue weighted by Gasteiger charge is -1.95. The maximum Gasteiger partial charge on any atom is 0.296 e. The van der Waals surface area contributed by atoms with Crippen LogP contribution in [0, 0.1) is 0 Å². The maximum absolute atomic E-state index is 11.8. The highest BCUT2D eigenvalue weighted by molar-refractivity contribution is 6.01. The molecule has 94 valence electrons. The van der Waals surface area contributed by atoms with Crippen molar-refractivity contribution in [2.75, 3.05) is 5.32 Å². The number of nitrogens with one attached hydrogen (secondary N) is 2. The van der Waals surface area contributed by atoms with E-state index in [9.17, 15) is 4.79 Å². The van der Waals surface area contributed by atoms with E-state index in [1.54, 1.807) is 6.07 Å². The van der Waals surface area contributed by atoms with Gasteiger partial charge in [-0.2, -0.15) is 10.1 Å². The average Bonchev–Trinajstić information content (AvgIpc) is 3.10. The van der Waals surface area contributed by atoms with Crippen molar-refractivity contribution in [1.29, 1.82) is 0 Å². The van der Waals surface area contributed by atoms with E-state index in [0.29, 0.717) is 5.69 Å². The zero-order valence-electron chi connectivity index (χ0n) is 9.70. The van der Waals surface area contributed by atoms with Crippen LogP contribution >= 0.6 is 0 Å². The Morgan fingerprint density at radius 2 is 2.11 bits per heavy atom. The van der Waals surface area contributed by atoms with Crippen LogP contribution in [0.25, 0.3) is 11.3 Å². The molecular formula is C12H9N5O2. The number of hydrogen-bond donors (Lipinski definition) is 2. The molecule has 1 amide bonds. The van der Waals surface area contributed by atoms with Crippen LogP contribution in [0.4, 0.5) is 5.95 Å². The number of hydrogen-bond acceptors (Lipinski definition) is 5. The van der Waals surface area contributed by atoms with Crippen molar-refractivity contribution >= 4 is 11.9 Å². The van der Waals surface area contributed by atoms with Gasteiger partial charge in [0.25, 0.3) is 5.91 Å². The molecule has 0 bridgehead atoms. The van der Waals surface area contributed by atoms with Crippen LogP contribution < -0.4 is 5.32 Å². The molecule has 1 aromatic carbocycles. The zero-order valence-corrected chi connectivity index (χ0v) is 9.70. The maximum atomic E-state index is 11.8. The molecule has 0 unspecified atom stereocenters. The monoisotopic (exact) mass is 255 g/mol. The van der Waals surface area contributed by atoms with E-state index < -0.39 is 5.91 Å². The van der Waals surface area contributed by atoms with E-state index in [1.807, 2.05) is 30.3 Å². The Labute approximate surface area is 107 Å². The van der Waals surface area contributed by atoms with Crippen molar-refractivity contribution in [2.45, 2.75) is 0 Å². The lowest BCUT2D eigenvalue weighted by Crippen LogP contribution is -2.11. The van der Waals surface area contributed by atoms with Gasteiger partial charge in [0.15, 0.2) is 0 Å². The molecule has 2 aromatic heterocycles. The number of carbonyl (C=O) groups is 1. The van der Waals surface area contributed by atoms with Gasteiger partial charge in [-0.1, -0.05) is 35.5 Å². The van der Waals surface area contributed by atoms with Gasteiger partial charge in [-0.3, -0.25) is 10.1 Å². The normalized spacial score (nSPS) is 10.3. The molecule has 0 aliphatic heterocycles. The highest BCUT2D eigenvalue weighted by Gasteiger charge is 2.14. The summed E-state index contributed by atoms with van der Waals surface area (Å²) in [5.41, 5.74) is 1.48. The van der Waals surface area contributed by atoms with Gasteiger partial charge in [0, 0.05) is 11.6 Å². The molecule has 0 saturated heterocycles. The molecule has 0 aliphatic rings. The van der Waals surface area contributed by atoms with Gasteiger partial charge in [-0.05, 0) is 0 Å². The predicted molar refractivity (Wildman–Crippen MR) is 66.3 cm³/mol. The average molecular weight is 255 g/mol. The summed E-state index contributed by atoms with van der Waals surface area (Å²) >= 11 is 0. The molecule has 0 saturated carbocycles. The number of H-pyrrole nitrogens is 1. The second kappa shape index (κ2) is 4.73. The predicted octanol–water partition coefficient (Wildman–Crippen LogP) is 1.71. The lowest BCUT2D eigenvalue weighted by molar-refractivity contribution is 0.0987. The smallest absolute Gasteiger partial charge is 0.296 e. The molecular weight excluding hydrogens is 246 g/mol. The SMILES string of the molecule is O=C(Nc1ncn[nH]1)c1cc(-c2ccccc2)no1.